The van der Waals surface area contributed by atoms with Crippen molar-refractivity contribution in [2.24, 2.45) is 17.3 Å². The van der Waals surface area contributed by atoms with Crippen LogP contribution in [0.2, 0.25) is 0 Å². The predicted molar refractivity (Wildman–Crippen MR) is 66.7 cm³/mol. The fraction of sp³-hybridized carbons (Fsp3) is 0.733. The minimum atomic E-state index is 0.354. The summed E-state index contributed by atoms with van der Waals surface area (Å²) in [6.07, 6.45) is 7.83. The molecule has 84 valence electrons. The molecular weight excluding hydrogens is 180 g/mol. The quantitative estimate of drug-likeness (QED) is 0.542. The molecular formula is C15H24. The van der Waals surface area contributed by atoms with Crippen molar-refractivity contribution in [1.82, 2.24) is 0 Å². The summed E-state index contributed by atoms with van der Waals surface area (Å²) in [5.41, 5.74) is 3.33. The van der Waals surface area contributed by atoms with Gasteiger partial charge in [-0.25, -0.2) is 0 Å². The maximum Gasteiger partial charge on any atom is 0.0118 e. The van der Waals surface area contributed by atoms with Crippen LogP contribution in [-0.4, -0.2) is 0 Å². The maximum absolute atomic E-state index is 4.33. The van der Waals surface area contributed by atoms with E-state index in [0.717, 1.165) is 11.8 Å². The van der Waals surface area contributed by atoms with Crippen LogP contribution in [0.1, 0.15) is 52.4 Å². The van der Waals surface area contributed by atoms with E-state index in [1.54, 1.807) is 0 Å². The number of rotatable bonds is 1. The molecule has 0 aromatic carbocycles. The Morgan fingerprint density at radius 1 is 1.20 bits per heavy atom. The molecule has 0 aliphatic heterocycles. The smallest absolute Gasteiger partial charge is 0.0118 e. The van der Waals surface area contributed by atoms with Crippen molar-refractivity contribution in [2.45, 2.75) is 52.4 Å². The van der Waals surface area contributed by atoms with Gasteiger partial charge in [0.1, 0.15) is 0 Å². The molecule has 0 heterocycles. The zero-order valence-corrected chi connectivity index (χ0v) is 10.3. The lowest BCUT2D eigenvalue weighted by atomic mass is 9.62. The average molecular weight is 204 g/mol. The number of hydrogen-bond donors (Lipinski definition) is 0. The molecule has 0 aromatic heterocycles. The van der Waals surface area contributed by atoms with E-state index in [2.05, 4.69) is 27.0 Å². The lowest BCUT2D eigenvalue weighted by Crippen LogP contribution is -2.31. The molecule has 2 rings (SSSR count). The van der Waals surface area contributed by atoms with Crippen molar-refractivity contribution in [3.05, 3.63) is 24.3 Å². The predicted octanol–water partition coefficient (Wildman–Crippen LogP) is 4.73. The maximum atomic E-state index is 4.33. The van der Waals surface area contributed by atoms with E-state index in [1.165, 1.54) is 49.7 Å². The first-order valence-corrected chi connectivity index (χ1v) is 6.43. The van der Waals surface area contributed by atoms with Gasteiger partial charge in [0, 0.05) is 5.41 Å². The summed E-state index contributed by atoms with van der Waals surface area (Å²) < 4.78 is 0. The van der Waals surface area contributed by atoms with Gasteiger partial charge in [0.05, 0.1) is 0 Å². The zero-order chi connectivity index (χ0) is 11.1. The van der Waals surface area contributed by atoms with E-state index < -0.39 is 0 Å². The van der Waals surface area contributed by atoms with Gasteiger partial charge in [0.15, 0.2) is 0 Å². The van der Waals surface area contributed by atoms with E-state index in [9.17, 15) is 0 Å². The Labute approximate surface area is 94.5 Å². The molecule has 0 nitrogen and oxygen atoms in total. The van der Waals surface area contributed by atoms with Gasteiger partial charge >= 0.3 is 0 Å². The van der Waals surface area contributed by atoms with Crippen molar-refractivity contribution in [3.63, 3.8) is 0 Å². The Kier molecular flexibility index (Phi) is 2.79. The highest BCUT2D eigenvalue weighted by Gasteiger charge is 2.44. The summed E-state index contributed by atoms with van der Waals surface area (Å²) in [6, 6.07) is 0. The van der Waals surface area contributed by atoms with Crippen LogP contribution in [-0.2, 0) is 0 Å². The van der Waals surface area contributed by atoms with Crippen LogP contribution in [0, 0.1) is 17.3 Å². The highest BCUT2D eigenvalue weighted by Crippen LogP contribution is 2.56. The van der Waals surface area contributed by atoms with Crippen LogP contribution in [0.3, 0.4) is 0 Å². The monoisotopic (exact) mass is 204 g/mol. The van der Waals surface area contributed by atoms with Gasteiger partial charge < -0.3 is 0 Å². The van der Waals surface area contributed by atoms with Crippen molar-refractivity contribution < 1.29 is 0 Å². The Bertz CT molecular complexity index is 284. The van der Waals surface area contributed by atoms with Crippen LogP contribution in [0.4, 0.5) is 0 Å². The van der Waals surface area contributed by atoms with Crippen LogP contribution in [0.25, 0.3) is 0 Å². The second kappa shape index (κ2) is 3.81. The van der Waals surface area contributed by atoms with E-state index >= 15 is 0 Å². The summed E-state index contributed by atoms with van der Waals surface area (Å²) in [6.45, 7) is 13.4. The summed E-state index contributed by atoms with van der Waals surface area (Å²) in [5, 5.41) is 0. The second-order valence-corrected chi connectivity index (χ2v) is 5.89. The Balaban J connectivity index is 2.22. The molecule has 0 N–H and O–H groups in total. The van der Waals surface area contributed by atoms with Gasteiger partial charge in [0.25, 0.3) is 0 Å². The van der Waals surface area contributed by atoms with Crippen molar-refractivity contribution in [3.8, 4) is 0 Å². The fourth-order valence-electron chi connectivity index (χ4n) is 3.55. The Morgan fingerprint density at radius 3 is 2.40 bits per heavy atom. The molecule has 0 saturated heterocycles. The van der Waals surface area contributed by atoms with Crippen molar-refractivity contribution in [2.75, 3.05) is 0 Å². The summed E-state index contributed by atoms with van der Waals surface area (Å²) in [5.74, 6) is 1.72. The minimum Gasteiger partial charge on any atom is -0.0990 e. The van der Waals surface area contributed by atoms with Gasteiger partial charge in [-0.05, 0) is 50.4 Å². The third-order valence-electron chi connectivity index (χ3n) is 4.81. The SMILES string of the molecule is C=C1CCC[C@]12C[C@@H](C(C)C)CCC2=C. The highest BCUT2D eigenvalue weighted by molar-refractivity contribution is 5.31. The second-order valence-electron chi connectivity index (χ2n) is 5.89. The standard InChI is InChI=1S/C15H24/c1-11(2)14-8-7-13(4)15(10-14)9-5-6-12(15)3/h11,14H,3-10H2,1-2H3/t14-,15-/m0/s1. The van der Waals surface area contributed by atoms with Crippen LogP contribution in [0.5, 0.6) is 0 Å². The molecule has 2 atom stereocenters. The highest BCUT2D eigenvalue weighted by atomic mass is 14.5. The topological polar surface area (TPSA) is 0 Å². The Hall–Kier alpha value is -0.520. The zero-order valence-electron chi connectivity index (χ0n) is 10.3. The summed E-state index contributed by atoms with van der Waals surface area (Å²) in [4.78, 5) is 0. The van der Waals surface area contributed by atoms with E-state index in [4.69, 9.17) is 0 Å². The number of hydrogen-bond acceptors (Lipinski definition) is 0. The average Bonchev–Trinajstić information content (AvgIpc) is 2.54. The molecule has 15 heavy (non-hydrogen) atoms. The van der Waals surface area contributed by atoms with Crippen molar-refractivity contribution in [1.29, 1.82) is 0 Å². The van der Waals surface area contributed by atoms with Gasteiger partial charge in [-0.1, -0.05) is 38.2 Å². The molecule has 2 saturated carbocycles. The van der Waals surface area contributed by atoms with Gasteiger partial charge in [-0.3, -0.25) is 0 Å². The third kappa shape index (κ3) is 1.68. The molecule has 2 fully saturated rings. The molecule has 0 heteroatoms. The van der Waals surface area contributed by atoms with E-state index in [-0.39, 0.29) is 0 Å². The summed E-state index contributed by atoms with van der Waals surface area (Å²) >= 11 is 0. The van der Waals surface area contributed by atoms with Gasteiger partial charge in [-0.2, -0.15) is 0 Å². The third-order valence-corrected chi connectivity index (χ3v) is 4.81. The fourth-order valence-corrected chi connectivity index (χ4v) is 3.55. The molecule has 2 aliphatic rings. The molecule has 0 amide bonds. The Morgan fingerprint density at radius 2 is 1.87 bits per heavy atom. The molecule has 0 bridgehead atoms. The number of allylic oxidation sites excluding steroid dienone is 2. The lowest BCUT2D eigenvalue weighted by Gasteiger charge is -2.42. The first-order valence-electron chi connectivity index (χ1n) is 6.43. The largest absolute Gasteiger partial charge is 0.0990 e. The van der Waals surface area contributed by atoms with E-state index in [0.29, 0.717) is 5.41 Å². The van der Waals surface area contributed by atoms with Gasteiger partial charge in [-0.15, -0.1) is 0 Å². The minimum absolute atomic E-state index is 0.354. The normalized spacial score (nSPS) is 36.9. The van der Waals surface area contributed by atoms with Crippen LogP contribution in [0.15, 0.2) is 24.3 Å². The first-order chi connectivity index (χ1) is 7.06. The van der Waals surface area contributed by atoms with Gasteiger partial charge in [0.2, 0.25) is 0 Å². The molecule has 2 aliphatic carbocycles. The van der Waals surface area contributed by atoms with Crippen molar-refractivity contribution >= 4 is 0 Å². The molecule has 0 aromatic rings. The molecule has 0 unspecified atom stereocenters. The first kappa shape index (κ1) is 11.0. The van der Waals surface area contributed by atoms with E-state index in [1.807, 2.05) is 0 Å². The lowest BCUT2D eigenvalue weighted by molar-refractivity contribution is 0.207. The summed E-state index contributed by atoms with van der Waals surface area (Å²) in [7, 11) is 0. The molecule has 0 radical (unpaired) electrons. The van der Waals surface area contributed by atoms with Crippen LogP contribution < -0.4 is 0 Å². The molecule has 1 spiro atoms. The van der Waals surface area contributed by atoms with Crippen LogP contribution >= 0.6 is 0 Å².